The topological polar surface area (TPSA) is 95.7 Å². The number of carbonyl (C=O) groups is 3. The van der Waals surface area contributed by atoms with E-state index in [-0.39, 0.29) is 13.2 Å². The molecule has 0 aliphatic rings. The molecule has 2 N–H and O–H groups in total. The second-order valence-electron chi connectivity index (χ2n) is 3.32. The smallest absolute Gasteiger partial charge is 0.331 e. The third kappa shape index (κ3) is 15.4. The van der Waals surface area contributed by atoms with Gasteiger partial charge in [-0.25, -0.2) is 9.59 Å². The van der Waals surface area contributed by atoms with Crippen LogP contribution in [-0.4, -0.2) is 31.1 Å². The number of carbonyl (C=O) groups excluding carboxylic acids is 3. The summed E-state index contributed by atoms with van der Waals surface area (Å²) < 4.78 is 9.15. The number of ether oxygens (including phenoxy) is 2. The minimum absolute atomic E-state index is 0.116. The second-order valence-corrected chi connectivity index (χ2v) is 3.32. The highest BCUT2D eigenvalue weighted by molar-refractivity contribution is 5.91. The lowest BCUT2D eigenvalue weighted by molar-refractivity contribution is -0.139. The van der Waals surface area contributed by atoms with Gasteiger partial charge in [-0.15, -0.1) is 0 Å². The van der Waals surface area contributed by atoms with E-state index >= 15 is 0 Å². The summed E-state index contributed by atoms with van der Waals surface area (Å²) in [6, 6.07) is 0. The number of hydrogen-bond donors (Lipinski definition) is 1. The molecule has 0 bridgehead atoms. The number of nitrogens with two attached hydrogens (primary N) is 1. The molecule has 0 unspecified atom stereocenters. The van der Waals surface area contributed by atoms with Gasteiger partial charge in [0.05, 0.1) is 0 Å². The van der Waals surface area contributed by atoms with Crippen molar-refractivity contribution >= 4 is 17.8 Å². The molecule has 0 fully saturated rings. The first-order valence-electron chi connectivity index (χ1n) is 5.53. The summed E-state index contributed by atoms with van der Waals surface area (Å²) in [6.07, 6.45) is 4.85. The van der Waals surface area contributed by atoms with Crippen molar-refractivity contribution in [1.82, 2.24) is 0 Å². The zero-order valence-corrected chi connectivity index (χ0v) is 11.5. The minimum atomic E-state index is -0.611. The van der Waals surface area contributed by atoms with Crippen LogP contribution < -0.4 is 5.73 Å². The maximum atomic E-state index is 10.8. The third-order valence-corrected chi connectivity index (χ3v) is 1.46. The monoisotopic (exact) mass is 281 g/mol. The molecule has 0 aromatic heterocycles. The Hall–Kier alpha value is -2.63. The van der Waals surface area contributed by atoms with Crippen LogP contribution in [0.25, 0.3) is 0 Å². The molecule has 0 atom stereocenters. The molecule has 6 heteroatoms. The van der Waals surface area contributed by atoms with E-state index < -0.39 is 17.8 Å². The van der Waals surface area contributed by atoms with Gasteiger partial charge in [0.25, 0.3) is 0 Å². The molecule has 0 aromatic carbocycles. The van der Waals surface area contributed by atoms with Crippen molar-refractivity contribution in [2.24, 2.45) is 5.73 Å². The highest BCUT2D eigenvalue weighted by Gasteiger charge is 1.98. The number of primary amides is 1. The van der Waals surface area contributed by atoms with Gasteiger partial charge in [0.2, 0.25) is 5.91 Å². The molecular formula is C14H19NO5. The Morgan fingerprint density at radius 1 is 1.00 bits per heavy atom. The van der Waals surface area contributed by atoms with Crippen LogP contribution in [0.3, 0.4) is 0 Å². The first-order valence-corrected chi connectivity index (χ1v) is 5.53. The van der Waals surface area contributed by atoms with Gasteiger partial charge in [-0.1, -0.05) is 31.9 Å². The third-order valence-electron chi connectivity index (χ3n) is 1.46. The highest BCUT2D eigenvalue weighted by atomic mass is 16.5. The molecule has 0 radical (unpaired) electrons. The predicted octanol–water partition coefficient (Wildman–Crippen LogP) is 1.05. The van der Waals surface area contributed by atoms with Gasteiger partial charge >= 0.3 is 11.9 Å². The molecule has 0 aliphatic heterocycles. The van der Waals surface area contributed by atoms with E-state index in [9.17, 15) is 14.4 Å². The van der Waals surface area contributed by atoms with Crippen LogP contribution in [0.4, 0.5) is 0 Å². The Morgan fingerprint density at radius 3 is 1.50 bits per heavy atom. The Balaban J connectivity index is 0. The molecule has 0 aromatic rings. The molecule has 0 saturated heterocycles. The van der Waals surface area contributed by atoms with E-state index in [1.807, 2.05) is 0 Å². The quantitative estimate of drug-likeness (QED) is 0.427. The summed E-state index contributed by atoms with van der Waals surface area (Å²) in [7, 11) is 0. The average Bonchev–Trinajstić information content (AvgIpc) is 2.40. The van der Waals surface area contributed by atoms with Crippen LogP contribution in [-0.2, 0) is 23.9 Å². The fourth-order valence-electron chi connectivity index (χ4n) is 0.514. The summed E-state index contributed by atoms with van der Waals surface area (Å²) in [5, 5.41) is 0. The predicted molar refractivity (Wildman–Crippen MR) is 75.5 cm³/mol. The van der Waals surface area contributed by atoms with Crippen molar-refractivity contribution in [1.29, 1.82) is 0 Å². The fourth-order valence-corrected chi connectivity index (χ4v) is 0.514. The lowest BCUT2D eigenvalue weighted by Crippen LogP contribution is -2.10. The van der Waals surface area contributed by atoms with Crippen LogP contribution >= 0.6 is 0 Å². The van der Waals surface area contributed by atoms with Crippen molar-refractivity contribution in [3.05, 3.63) is 49.6 Å². The Labute approximate surface area is 118 Å². The zero-order chi connectivity index (χ0) is 16.0. The van der Waals surface area contributed by atoms with Crippen molar-refractivity contribution in [3.8, 4) is 0 Å². The van der Waals surface area contributed by atoms with Crippen molar-refractivity contribution < 1.29 is 23.9 Å². The van der Waals surface area contributed by atoms with Gasteiger partial charge in [-0.3, -0.25) is 4.79 Å². The summed E-state index contributed by atoms with van der Waals surface area (Å²) in [5.74, 6) is -1.66. The normalized spacial score (nSPS) is 8.85. The first kappa shape index (κ1) is 19.7. The van der Waals surface area contributed by atoms with Gasteiger partial charge in [0.15, 0.2) is 0 Å². The van der Waals surface area contributed by atoms with E-state index in [2.05, 4.69) is 29.2 Å². The zero-order valence-electron chi connectivity index (χ0n) is 11.5. The molecule has 1 amide bonds. The molecule has 110 valence electrons. The van der Waals surface area contributed by atoms with Crippen molar-refractivity contribution in [3.63, 3.8) is 0 Å². The molecule has 0 saturated carbocycles. The Kier molecular flexibility index (Phi) is 12.6. The van der Waals surface area contributed by atoms with E-state index in [0.29, 0.717) is 5.57 Å². The largest absolute Gasteiger partial charge is 0.458 e. The first-order chi connectivity index (χ1) is 9.34. The van der Waals surface area contributed by atoms with Gasteiger partial charge < -0.3 is 15.2 Å². The number of esters is 2. The molecule has 0 heterocycles. The molecule has 20 heavy (non-hydrogen) atoms. The number of rotatable bonds is 7. The molecule has 0 aliphatic carbocycles. The fraction of sp³-hybridized carbons (Fsp3) is 0.214. The molecular weight excluding hydrogens is 262 g/mol. The number of amides is 1. The lowest BCUT2D eigenvalue weighted by atomic mass is 10.3. The van der Waals surface area contributed by atoms with E-state index in [4.69, 9.17) is 5.73 Å². The van der Waals surface area contributed by atoms with E-state index in [1.165, 1.54) is 12.2 Å². The van der Waals surface area contributed by atoms with Crippen LogP contribution in [0.15, 0.2) is 49.6 Å². The summed E-state index contributed by atoms with van der Waals surface area (Å²) in [6.45, 7) is 11.8. The van der Waals surface area contributed by atoms with E-state index in [0.717, 1.165) is 12.2 Å². The van der Waals surface area contributed by atoms with Gasteiger partial charge in [-0.2, -0.15) is 0 Å². The summed E-state index contributed by atoms with van der Waals surface area (Å²) in [5.41, 5.74) is 5.09. The number of hydrogen-bond acceptors (Lipinski definition) is 5. The highest BCUT2D eigenvalue weighted by Crippen LogP contribution is 1.86. The van der Waals surface area contributed by atoms with Gasteiger partial charge in [-0.05, 0) is 6.92 Å². The van der Waals surface area contributed by atoms with Crippen LogP contribution in [0, 0.1) is 0 Å². The maximum Gasteiger partial charge on any atom is 0.331 e. The molecule has 6 nitrogen and oxygen atoms in total. The van der Waals surface area contributed by atoms with Crippen LogP contribution in [0.1, 0.15) is 6.92 Å². The van der Waals surface area contributed by atoms with Crippen LogP contribution in [0.2, 0.25) is 0 Å². The van der Waals surface area contributed by atoms with Gasteiger partial charge in [0.1, 0.15) is 13.2 Å². The lowest BCUT2D eigenvalue weighted by Gasteiger charge is -1.96. The van der Waals surface area contributed by atoms with Crippen LogP contribution in [0.5, 0.6) is 0 Å². The Bertz CT molecular complexity index is 372. The Morgan fingerprint density at radius 2 is 1.30 bits per heavy atom. The average molecular weight is 281 g/mol. The van der Waals surface area contributed by atoms with Crippen molar-refractivity contribution in [2.75, 3.05) is 13.2 Å². The maximum absolute atomic E-state index is 10.8. The SMILES string of the molecule is C=C(C)C(N)=O.C=CCOC(=O)/C=C\C(=O)OCC=C. The minimum Gasteiger partial charge on any atom is -0.458 e. The molecule has 0 rings (SSSR count). The van der Waals surface area contributed by atoms with Crippen molar-refractivity contribution in [2.45, 2.75) is 6.92 Å². The standard InChI is InChI=1S/C10H12O4.C4H7NO/c1-3-7-13-9(11)5-6-10(12)14-8-4-2;1-3(2)4(5)6/h3-6H,1-2,7-8H2;1H2,2H3,(H2,5,6)/b6-5-;. The summed E-state index contributed by atoms with van der Waals surface area (Å²) in [4.78, 5) is 31.4. The molecule has 0 spiro atoms. The van der Waals surface area contributed by atoms with Gasteiger partial charge in [0, 0.05) is 17.7 Å². The van der Waals surface area contributed by atoms with E-state index in [1.54, 1.807) is 6.92 Å². The summed E-state index contributed by atoms with van der Waals surface area (Å²) >= 11 is 0. The second kappa shape index (κ2) is 12.8.